The minimum Gasteiger partial charge on any atom is -0.462 e. The fourth-order valence-corrected chi connectivity index (χ4v) is 8.26. The van der Waals surface area contributed by atoms with Crippen molar-refractivity contribution in [2.24, 2.45) is 0 Å². The molecule has 0 saturated carbocycles. The van der Waals surface area contributed by atoms with Gasteiger partial charge in [0, 0.05) is 19.3 Å². The Kier molecular flexibility index (Phi) is 58.9. The molecule has 0 aliphatic heterocycles. The minimum atomic E-state index is -0.802. The molecule has 0 aromatic carbocycles. The van der Waals surface area contributed by atoms with E-state index in [-0.39, 0.29) is 31.1 Å². The fourth-order valence-electron chi connectivity index (χ4n) is 8.26. The maximum Gasteiger partial charge on any atom is 0.306 e. The number of ether oxygens (including phenoxy) is 3. The molecular weight excluding hydrogens is 925 g/mol. The Morgan fingerprint density at radius 2 is 0.533 bits per heavy atom. The van der Waals surface area contributed by atoms with Crippen molar-refractivity contribution in [1.82, 2.24) is 0 Å². The maximum absolute atomic E-state index is 12.9. The predicted molar refractivity (Wildman–Crippen MR) is 325 cm³/mol. The highest BCUT2D eigenvalue weighted by molar-refractivity contribution is 5.71. The molecule has 426 valence electrons. The molecule has 0 amide bonds. The van der Waals surface area contributed by atoms with Crippen molar-refractivity contribution in [3.05, 3.63) is 122 Å². The van der Waals surface area contributed by atoms with Crippen molar-refractivity contribution in [2.75, 3.05) is 13.2 Å². The van der Waals surface area contributed by atoms with Gasteiger partial charge in [0.1, 0.15) is 13.2 Å². The number of hydrogen-bond donors (Lipinski definition) is 0. The lowest BCUT2D eigenvalue weighted by atomic mass is 10.1. The molecule has 0 N–H and O–H groups in total. The summed E-state index contributed by atoms with van der Waals surface area (Å²) >= 11 is 0. The first kappa shape index (κ1) is 70.8. The van der Waals surface area contributed by atoms with Crippen LogP contribution in [0.25, 0.3) is 0 Å². The van der Waals surface area contributed by atoms with E-state index in [2.05, 4.69) is 142 Å². The standard InChI is InChI=1S/C69H114O6/c1-4-7-10-13-16-19-22-24-26-28-30-32-33-34-35-37-38-40-42-44-47-50-53-56-59-62-68(71)74-65-66(64-73-67(70)61-58-55-52-49-46-21-18-15-12-9-6-3)75-69(72)63-60-57-54-51-48-45-43-41-39-36-31-29-27-25-23-20-17-14-11-8-5-2/h7,10,15-16,18-19,23-26,29-32,34-35,38,40,44,47,66H,4-6,8-9,11-14,17,20-22,27-28,33,36-37,39,41-43,45-46,48-65H2,1-3H3/b10-7-,18-15-,19-16-,25-23-,26-24-,31-29-,32-30-,35-34-,40-38-,47-44-. The van der Waals surface area contributed by atoms with Crippen LogP contribution >= 0.6 is 0 Å². The largest absolute Gasteiger partial charge is 0.462 e. The summed E-state index contributed by atoms with van der Waals surface area (Å²) in [6, 6.07) is 0. The van der Waals surface area contributed by atoms with Gasteiger partial charge in [-0.25, -0.2) is 0 Å². The van der Waals surface area contributed by atoms with E-state index >= 15 is 0 Å². The Morgan fingerprint density at radius 3 is 0.880 bits per heavy atom. The Bertz CT molecular complexity index is 1570. The summed E-state index contributed by atoms with van der Waals surface area (Å²) in [4.78, 5) is 38.2. The first-order valence-electron chi connectivity index (χ1n) is 31.0. The summed E-state index contributed by atoms with van der Waals surface area (Å²) in [5.74, 6) is -0.943. The first-order chi connectivity index (χ1) is 37.0. The van der Waals surface area contributed by atoms with Crippen LogP contribution in [0.5, 0.6) is 0 Å². The molecule has 0 bridgehead atoms. The lowest BCUT2D eigenvalue weighted by Crippen LogP contribution is -2.30. The monoisotopic (exact) mass is 1040 g/mol. The van der Waals surface area contributed by atoms with Gasteiger partial charge in [-0.15, -0.1) is 0 Å². The zero-order valence-electron chi connectivity index (χ0n) is 48.8. The molecule has 1 unspecified atom stereocenters. The van der Waals surface area contributed by atoms with Crippen LogP contribution in [0.2, 0.25) is 0 Å². The van der Waals surface area contributed by atoms with Gasteiger partial charge in [0.05, 0.1) is 0 Å². The van der Waals surface area contributed by atoms with E-state index in [0.29, 0.717) is 19.3 Å². The minimum absolute atomic E-state index is 0.0972. The summed E-state index contributed by atoms with van der Waals surface area (Å²) in [7, 11) is 0. The number of unbranched alkanes of at least 4 members (excludes halogenated alkanes) is 24. The Balaban J connectivity index is 4.40. The molecule has 0 spiro atoms. The van der Waals surface area contributed by atoms with Gasteiger partial charge in [0.25, 0.3) is 0 Å². The summed E-state index contributed by atoms with van der Waals surface area (Å²) < 4.78 is 16.9. The van der Waals surface area contributed by atoms with Gasteiger partial charge >= 0.3 is 17.9 Å². The molecule has 6 nitrogen and oxygen atoms in total. The quantitative estimate of drug-likeness (QED) is 0.0261. The van der Waals surface area contributed by atoms with E-state index in [1.165, 1.54) is 109 Å². The second-order valence-corrected chi connectivity index (χ2v) is 20.2. The zero-order chi connectivity index (χ0) is 54.3. The SMILES string of the molecule is CC/C=C\C/C=C\C/C=C\C/C=C\C/C=C\C/C=C\C/C=C\CCCCCC(=O)OCC(COC(=O)CCCCCCC/C=C\CCCC)OC(=O)CCCCCCCCCCC/C=C\C/C=C\CCCCCCC. The molecule has 0 aromatic heterocycles. The first-order valence-corrected chi connectivity index (χ1v) is 31.0. The van der Waals surface area contributed by atoms with Crippen LogP contribution < -0.4 is 0 Å². The lowest BCUT2D eigenvalue weighted by Gasteiger charge is -2.18. The van der Waals surface area contributed by atoms with Gasteiger partial charge < -0.3 is 14.2 Å². The van der Waals surface area contributed by atoms with Crippen molar-refractivity contribution < 1.29 is 28.6 Å². The third kappa shape index (κ3) is 60.6. The number of allylic oxidation sites excluding steroid dienone is 20. The molecule has 6 heteroatoms. The summed E-state index contributed by atoms with van der Waals surface area (Å²) in [5.41, 5.74) is 0. The van der Waals surface area contributed by atoms with Crippen LogP contribution in [-0.2, 0) is 28.6 Å². The number of carbonyl (C=O) groups is 3. The molecule has 0 aliphatic carbocycles. The van der Waals surface area contributed by atoms with E-state index in [4.69, 9.17) is 14.2 Å². The molecule has 0 rings (SSSR count). The van der Waals surface area contributed by atoms with Crippen LogP contribution in [0.1, 0.15) is 278 Å². The third-order valence-corrected chi connectivity index (χ3v) is 12.9. The molecule has 0 radical (unpaired) electrons. The molecule has 0 aromatic rings. The molecule has 0 fully saturated rings. The second-order valence-electron chi connectivity index (χ2n) is 20.2. The van der Waals surface area contributed by atoms with E-state index in [1.54, 1.807) is 0 Å². The van der Waals surface area contributed by atoms with Gasteiger partial charge in [-0.05, 0) is 128 Å². The summed E-state index contributed by atoms with van der Waals surface area (Å²) in [6.45, 7) is 6.44. The number of rotatable bonds is 55. The van der Waals surface area contributed by atoms with Crippen LogP contribution in [0.4, 0.5) is 0 Å². The van der Waals surface area contributed by atoms with Crippen molar-refractivity contribution >= 4 is 17.9 Å². The van der Waals surface area contributed by atoms with E-state index < -0.39 is 6.10 Å². The van der Waals surface area contributed by atoms with Crippen molar-refractivity contribution in [1.29, 1.82) is 0 Å². The van der Waals surface area contributed by atoms with Crippen LogP contribution in [-0.4, -0.2) is 37.2 Å². The van der Waals surface area contributed by atoms with Gasteiger partial charge in [-0.1, -0.05) is 251 Å². The Hall–Kier alpha value is -4.19. The highest BCUT2D eigenvalue weighted by Crippen LogP contribution is 2.15. The van der Waals surface area contributed by atoms with E-state index in [1.807, 2.05) is 0 Å². The summed E-state index contributed by atoms with van der Waals surface area (Å²) in [6.07, 6.45) is 86.3. The number of carbonyl (C=O) groups excluding carboxylic acids is 3. The average Bonchev–Trinajstić information content (AvgIpc) is 3.41. The molecular formula is C69H114O6. The van der Waals surface area contributed by atoms with Crippen LogP contribution in [0.3, 0.4) is 0 Å². The third-order valence-electron chi connectivity index (χ3n) is 12.9. The zero-order valence-corrected chi connectivity index (χ0v) is 48.8. The average molecular weight is 1040 g/mol. The fraction of sp³-hybridized carbons (Fsp3) is 0.667. The maximum atomic E-state index is 12.9. The Labute approximate surface area is 462 Å². The van der Waals surface area contributed by atoms with Gasteiger partial charge in [0.15, 0.2) is 6.10 Å². The van der Waals surface area contributed by atoms with Crippen LogP contribution in [0.15, 0.2) is 122 Å². The molecule has 1 atom stereocenters. The number of hydrogen-bond acceptors (Lipinski definition) is 6. The van der Waals surface area contributed by atoms with Crippen LogP contribution in [0, 0.1) is 0 Å². The molecule has 0 heterocycles. The van der Waals surface area contributed by atoms with E-state index in [0.717, 1.165) is 128 Å². The molecule has 0 aliphatic rings. The van der Waals surface area contributed by atoms with Crippen molar-refractivity contribution in [2.45, 2.75) is 284 Å². The van der Waals surface area contributed by atoms with E-state index in [9.17, 15) is 14.4 Å². The van der Waals surface area contributed by atoms with Crippen molar-refractivity contribution in [3.63, 3.8) is 0 Å². The Morgan fingerprint density at radius 1 is 0.280 bits per heavy atom. The summed E-state index contributed by atoms with van der Waals surface area (Å²) in [5, 5.41) is 0. The lowest BCUT2D eigenvalue weighted by molar-refractivity contribution is -0.167. The van der Waals surface area contributed by atoms with Crippen molar-refractivity contribution in [3.8, 4) is 0 Å². The highest BCUT2D eigenvalue weighted by Gasteiger charge is 2.19. The number of esters is 3. The van der Waals surface area contributed by atoms with Gasteiger partial charge in [-0.2, -0.15) is 0 Å². The normalized spacial score (nSPS) is 12.9. The molecule has 0 saturated heterocycles. The van der Waals surface area contributed by atoms with Gasteiger partial charge in [0.2, 0.25) is 0 Å². The topological polar surface area (TPSA) is 78.9 Å². The predicted octanol–water partition coefficient (Wildman–Crippen LogP) is 21.2. The molecule has 75 heavy (non-hydrogen) atoms. The highest BCUT2D eigenvalue weighted by atomic mass is 16.6. The second kappa shape index (κ2) is 62.4. The smallest absolute Gasteiger partial charge is 0.306 e. The van der Waals surface area contributed by atoms with Gasteiger partial charge in [-0.3, -0.25) is 14.4 Å².